The molecule has 0 aliphatic carbocycles. The van der Waals surface area contributed by atoms with Crippen LogP contribution in [0.1, 0.15) is 24.0 Å². The molecule has 4 heterocycles. The summed E-state index contributed by atoms with van der Waals surface area (Å²) in [7, 11) is 4.26. The standard InChI is InChI=1S/C27H36N8O/c1-20-15-21(2)35(30-20)26(19-36)33-13-11-32(12-14-33)25-8-6-5-7-24(25)22-16-28-27(29-17-22)34-10-9-23(18-34)31(3)4/h5-8,15-17,19,23,26H,9-14,18H2,1-4H3/t23-,26?/m1/s1. The number of anilines is 2. The molecule has 1 aromatic carbocycles. The van der Waals surface area contributed by atoms with E-state index in [2.05, 4.69) is 63.1 Å². The molecule has 2 atom stereocenters. The maximum Gasteiger partial charge on any atom is 0.225 e. The maximum atomic E-state index is 12.0. The Bertz CT molecular complexity index is 1180. The molecule has 2 saturated heterocycles. The normalized spacial score (nSPS) is 19.8. The minimum absolute atomic E-state index is 0.366. The maximum absolute atomic E-state index is 12.0. The van der Waals surface area contributed by atoms with Crippen molar-refractivity contribution in [1.82, 2.24) is 29.5 Å². The van der Waals surface area contributed by atoms with Crippen molar-refractivity contribution in [2.45, 2.75) is 32.5 Å². The number of likely N-dealkylation sites (N-methyl/N-ethyl adjacent to an activating group) is 1. The fourth-order valence-corrected chi connectivity index (χ4v) is 5.40. The molecule has 5 rings (SSSR count). The van der Waals surface area contributed by atoms with Crippen molar-refractivity contribution in [2.75, 3.05) is 63.2 Å². The highest BCUT2D eigenvalue weighted by Crippen LogP contribution is 2.32. The third-order valence-electron chi connectivity index (χ3n) is 7.48. The number of benzene rings is 1. The molecule has 3 aromatic rings. The number of carbonyl (C=O) groups is 1. The van der Waals surface area contributed by atoms with Crippen LogP contribution in [0.3, 0.4) is 0 Å². The minimum atomic E-state index is -0.366. The average Bonchev–Trinajstić information content (AvgIpc) is 3.52. The number of para-hydroxylation sites is 1. The van der Waals surface area contributed by atoms with Gasteiger partial charge in [-0.1, -0.05) is 18.2 Å². The van der Waals surface area contributed by atoms with Crippen molar-refractivity contribution in [2.24, 2.45) is 0 Å². The van der Waals surface area contributed by atoms with Crippen molar-refractivity contribution in [1.29, 1.82) is 0 Å². The smallest absolute Gasteiger partial charge is 0.225 e. The third-order valence-corrected chi connectivity index (χ3v) is 7.48. The van der Waals surface area contributed by atoms with E-state index in [1.807, 2.05) is 37.0 Å². The molecule has 0 radical (unpaired) electrons. The summed E-state index contributed by atoms with van der Waals surface area (Å²) in [5, 5.41) is 4.55. The Morgan fingerprint density at radius 2 is 1.72 bits per heavy atom. The van der Waals surface area contributed by atoms with Crippen molar-refractivity contribution in [3.63, 3.8) is 0 Å². The van der Waals surface area contributed by atoms with E-state index in [1.165, 1.54) is 5.69 Å². The van der Waals surface area contributed by atoms with Gasteiger partial charge in [0.25, 0.3) is 0 Å². The molecule has 0 saturated carbocycles. The minimum Gasteiger partial charge on any atom is -0.368 e. The van der Waals surface area contributed by atoms with Gasteiger partial charge in [-0.3, -0.25) is 9.69 Å². The number of aldehydes is 1. The Morgan fingerprint density at radius 3 is 2.33 bits per heavy atom. The van der Waals surface area contributed by atoms with Gasteiger partial charge in [-0.05, 0) is 46.5 Å². The molecule has 2 aliphatic heterocycles. The zero-order valence-electron chi connectivity index (χ0n) is 21.7. The van der Waals surface area contributed by atoms with Gasteiger partial charge in [0, 0.05) is 80.2 Å². The Balaban J connectivity index is 1.29. The van der Waals surface area contributed by atoms with Crippen LogP contribution >= 0.6 is 0 Å². The number of rotatable bonds is 7. The molecule has 2 aliphatic rings. The zero-order chi connectivity index (χ0) is 25.2. The number of nitrogens with zero attached hydrogens (tertiary/aromatic N) is 8. The fourth-order valence-electron chi connectivity index (χ4n) is 5.40. The molecular weight excluding hydrogens is 452 g/mol. The van der Waals surface area contributed by atoms with E-state index in [0.29, 0.717) is 6.04 Å². The predicted octanol–water partition coefficient (Wildman–Crippen LogP) is 2.62. The second kappa shape index (κ2) is 10.4. The summed E-state index contributed by atoms with van der Waals surface area (Å²) < 4.78 is 1.84. The van der Waals surface area contributed by atoms with E-state index in [0.717, 1.165) is 80.4 Å². The lowest BCUT2D eigenvalue weighted by Crippen LogP contribution is -2.49. The number of piperazine rings is 1. The molecular formula is C27H36N8O. The first-order valence-corrected chi connectivity index (χ1v) is 12.7. The average molecular weight is 489 g/mol. The van der Waals surface area contributed by atoms with Crippen LogP contribution in [0.2, 0.25) is 0 Å². The lowest BCUT2D eigenvalue weighted by molar-refractivity contribution is -0.116. The summed E-state index contributed by atoms with van der Waals surface area (Å²) in [4.78, 5) is 30.6. The molecule has 190 valence electrons. The summed E-state index contributed by atoms with van der Waals surface area (Å²) in [5.74, 6) is 0.804. The second-order valence-electron chi connectivity index (χ2n) is 10.1. The van der Waals surface area contributed by atoms with Crippen LogP contribution in [-0.4, -0.2) is 95.2 Å². The van der Waals surface area contributed by atoms with Crippen LogP contribution in [0.5, 0.6) is 0 Å². The van der Waals surface area contributed by atoms with Gasteiger partial charge in [0.1, 0.15) is 0 Å². The second-order valence-corrected chi connectivity index (χ2v) is 10.1. The first-order valence-electron chi connectivity index (χ1n) is 12.7. The van der Waals surface area contributed by atoms with Crippen molar-refractivity contribution in [3.05, 3.63) is 54.1 Å². The first kappa shape index (κ1) is 24.4. The summed E-state index contributed by atoms with van der Waals surface area (Å²) in [6, 6.07) is 11.0. The van der Waals surface area contributed by atoms with Gasteiger partial charge in [0.2, 0.25) is 5.95 Å². The number of hydrogen-bond acceptors (Lipinski definition) is 8. The zero-order valence-corrected chi connectivity index (χ0v) is 21.7. The quantitative estimate of drug-likeness (QED) is 0.470. The SMILES string of the molecule is Cc1cc(C)n(C(C=O)N2CCN(c3ccccc3-c3cnc(N4CC[C@@H](N(C)C)C4)nc3)CC2)n1. The van der Waals surface area contributed by atoms with E-state index in [4.69, 9.17) is 9.97 Å². The van der Waals surface area contributed by atoms with Crippen molar-refractivity contribution in [3.8, 4) is 11.1 Å². The Hall–Kier alpha value is -3.30. The molecule has 2 fully saturated rings. The summed E-state index contributed by atoms with van der Waals surface area (Å²) >= 11 is 0. The monoisotopic (exact) mass is 488 g/mol. The number of carbonyl (C=O) groups excluding carboxylic acids is 1. The van der Waals surface area contributed by atoms with Gasteiger partial charge >= 0.3 is 0 Å². The van der Waals surface area contributed by atoms with E-state index < -0.39 is 0 Å². The third kappa shape index (κ3) is 4.85. The predicted molar refractivity (Wildman–Crippen MR) is 142 cm³/mol. The molecule has 9 heteroatoms. The topological polar surface area (TPSA) is 73.6 Å². The number of hydrogen-bond donors (Lipinski definition) is 0. The lowest BCUT2D eigenvalue weighted by Gasteiger charge is -2.39. The van der Waals surface area contributed by atoms with Gasteiger partial charge in [-0.2, -0.15) is 5.10 Å². The molecule has 0 amide bonds. The van der Waals surface area contributed by atoms with Crippen LogP contribution in [0.4, 0.5) is 11.6 Å². The van der Waals surface area contributed by atoms with Crippen molar-refractivity contribution < 1.29 is 4.79 Å². The van der Waals surface area contributed by atoms with E-state index in [9.17, 15) is 4.79 Å². The van der Waals surface area contributed by atoms with Gasteiger partial charge in [-0.25, -0.2) is 14.6 Å². The molecule has 0 bridgehead atoms. The van der Waals surface area contributed by atoms with Gasteiger partial charge < -0.3 is 14.7 Å². The summed E-state index contributed by atoms with van der Waals surface area (Å²) in [6.07, 6.45) is 5.67. The Morgan fingerprint density at radius 1 is 1.00 bits per heavy atom. The van der Waals surface area contributed by atoms with Crippen LogP contribution < -0.4 is 9.80 Å². The van der Waals surface area contributed by atoms with Gasteiger partial charge in [-0.15, -0.1) is 0 Å². The van der Waals surface area contributed by atoms with E-state index >= 15 is 0 Å². The molecule has 2 aromatic heterocycles. The van der Waals surface area contributed by atoms with Gasteiger partial charge in [0.05, 0.1) is 5.69 Å². The number of aryl methyl sites for hydroxylation is 2. The molecule has 9 nitrogen and oxygen atoms in total. The van der Waals surface area contributed by atoms with Crippen molar-refractivity contribution >= 4 is 17.9 Å². The molecule has 0 spiro atoms. The molecule has 1 unspecified atom stereocenters. The Kier molecular flexibility index (Phi) is 7.02. The van der Waals surface area contributed by atoms with Crippen LogP contribution in [0.25, 0.3) is 11.1 Å². The summed E-state index contributed by atoms with van der Waals surface area (Å²) in [5.41, 5.74) is 5.27. The molecule has 0 N–H and O–H groups in total. The highest BCUT2D eigenvalue weighted by Gasteiger charge is 2.28. The number of aromatic nitrogens is 4. The lowest BCUT2D eigenvalue weighted by atomic mass is 10.1. The van der Waals surface area contributed by atoms with Gasteiger partial charge in [0.15, 0.2) is 12.5 Å². The van der Waals surface area contributed by atoms with E-state index in [1.54, 1.807) is 0 Å². The summed E-state index contributed by atoms with van der Waals surface area (Å²) in [6.45, 7) is 9.15. The largest absolute Gasteiger partial charge is 0.368 e. The van der Waals surface area contributed by atoms with Crippen LogP contribution in [0.15, 0.2) is 42.7 Å². The Labute approximate surface area is 213 Å². The van der Waals surface area contributed by atoms with Crippen LogP contribution in [0, 0.1) is 13.8 Å². The van der Waals surface area contributed by atoms with Crippen LogP contribution in [-0.2, 0) is 4.79 Å². The molecule has 36 heavy (non-hydrogen) atoms. The highest BCUT2D eigenvalue weighted by molar-refractivity contribution is 5.78. The fraction of sp³-hybridized carbons (Fsp3) is 0.481. The highest BCUT2D eigenvalue weighted by atomic mass is 16.1. The first-order chi connectivity index (χ1) is 17.4. The van der Waals surface area contributed by atoms with E-state index in [-0.39, 0.29) is 6.17 Å².